The Balaban J connectivity index is 1.72. The molecule has 0 aliphatic rings. The Hall–Kier alpha value is -3.22. The predicted molar refractivity (Wildman–Crippen MR) is 103 cm³/mol. The predicted octanol–water partition coefficient (Wildman–Crippen LogP) is 3.42. The van der Waals surface area contributed by atoms with Gasteiger partial charge in [-0.15, -0.1) is 0 Å². The van der Waals surface area contributed by atoms with E-state index in [0.29, 0.717) is 41.5 Å². The normalized spacial score (nSPS) is 10.7. The third kappa shape index (κ3) is 4.31. The molecule has 7 nitrogen and oxygen atoms in total. The second-order valence-electron chi connectivity index (χ2n) is 5.81. The summed E-state index contributed by atoms with van der Waals surface area (Å²) in [5, 5.41) is 2.83. The summed E-state index contributed by atoms with van der Waals surface area (Å²) >= 11 is 0. The highest BCUT2D eigenvalue weighted by Gasteiger charge is 2.13. The number of fused-ring (bicyclic) bond motifs is 1. The van der Waals surface area contributed by atoms with Crippen molar-refractivity contribution in [3.8, 4) is 11.5 Å². The van der Waals surface area contributed by atoms with Crippen molar-refractivity contribution in [1.82, 2.24) is 4.57 Å². The van der Waals surface area contributed by atoms with Gasteiger partial charge >= 0.3 is 5.76 Å². The molecule has 0 atom stereocenters. The molecule has 3 rings (SSSR count). The largest absolute Gasteiger partial charge is 0.494 e. The Morgan fingerprint density at radius 1 is 1.11 bits per heavy atom. The molecule has 0 bridgehead atoms. The number of aromatic nitrogens is 1. The lowest BCUT2D eigenvalue weighted by Crippen LogP contribution is -2.20. The number of hydrogen-bond acceptors (Lipinski definition) is 5. The number of nitrogens with one attached hydrogen (secondary N) is 1. The number of nitrogens with zero attached hydrogens (tertiary/aromatic N) is 1. The Labute approximate surface area is 156 Å². The molecule has 2 aromatic carbocycles. The van der Waals surface area contributed by atoms with E-state index in [0.717, 1.165) is 0 Å². The minimum absolute atomic E-state index is 0.119. The number of rotatable bonds is 8. The van der Waals surface area contributed by atoms with E-state index in [9.17, 15) is 9.59 Å². The van der Waals surface area contributed by atoms with Crippen LogP contribution in [0.4, 0.5) is 5.69 Å². The third-order valence-electron chi connectivity index (χ3n) is 3.97. The molecule has 142 valence electrons. The zero-order chi connectivity index (χ0) is 19.2. The first-order chi connectivity index (χ1) is 13.1. The fourth-order valence-corrected chi connectivity index (χ4v) is 2.80. The number of carbonyl (C=O) groups is 1. The first kappa shape index (κ1) is 18.6. The third-order valence-corrected chi connectivity index (χ3v) is 3.97. The summed E-state index contributed by atoms with van der Waals surface area (Å²) in [6.07, 6.45) is 0.119. The van der Waals surface area contributed by atoms with Gasteiger partial charge in [0.1, 0.15) is 11.5 Å². The van der Waals surface area contributed by atoms with Crippen LogP contribution in [0.15, 0.2) is 51.7 Å². The summed E-state index contributed by atoms with van der Waals surface area (Å²) in [5.74, 6) is 0.507. The van der Waals surface area contributed by atoms with Crippen LogP contribution in [0, 0.1) is 0 Å². The van der Waals surface area contributed by atoms with Crippen LogP contribution in [-0.2, 0) is 11.3 Å². The van der Waals surface area contributed by atoms with Crippen LogP contribution >= 0.6 is 0 Å². The van der Waals surface area contributed by atoms with Crippen molar-refractivity contribution in [2.75, 3.05) is 18.5 Å². The summed E-state index contributed by atoms with van der Waals surface area (Å²) in [5.41, 5.74) is 1.71. The minimum Gasteiger partial charge on any atom is -0.494 e. The quantitative estimate of drug-likeness (QED) is 0.657. The van der Waals surface area contributed by atoms with Crippen LogP contribution in [0.3, 0.4) is 0 Å². The number of para-hydroxylation sites is 2. The van der Waals surface area contributed by atoms with E-state index in [1.165, 1.54) is 4.57 Å². The van der Waals surface area contributed by atoms with Crippen molar-refractivity contribution in [3.63, 3.8) is 0 Å². The first-order valence-electron chi connectivity index (χ1n) is 8.90. The van der Waals surface area contributed by atoms with Gasteiger partial charge in [0.2, 0.25) is 5.91 Å². The van der Waals surface area contributed by atoms with Crippen molar-refractivity contribution in [1.29, 1.82) is 0 Å². The molecule has 3 aromatic rings. The number of carbonyl (C=O) groups excluding carboxylic acids is 1. The highest BCUT2D eigenvalue weighted by Crippen LogP contribution is 2.29. The van der Waals surface area contributed by atoms with E-state index in [4.69, 9.17) is 13.9 Å². The molecule has 1 amide bonds. The highest BCUT2D eigenvalue weighted by atomic mass is 16.5. The van der Waals surface area contributed by atoms with Crippen LogP contribution in [0.5, 0.6) is 11.5 Å². The lowest BCUT2D eigenvalue weighted by molar-refractivity contribution is -0.116. The fraction of sp³-hybridized carbons (Fsp3) is 0.300. The molecular weight excluding hydrogens is 348 g/mol. The van der Waals surface area contributed by atoms with E-state index in [-0.39, 0.29) is 18.9 Å². The smallest absolute Gasteiger partial charge is 0.419 e. The van der Waals surface area contributed by atoms with Gasteiger partial charge in [-0.2, -0.15) is 0 Å². The summed E-state index contributed by atoms with van der Waals surface area (Å²) < 4.78 is 17.7. The SMILES string of the molecule is CCOc1ccc(OCC)c(NC(=O)CCn2c(=O)oc3ccccc32)c1. The van der Waals surface area contributed by atoms with Crippen molar-refractivity contribution < 1.29 is 18.7 Å². The van der Waals surface area contributed by atoms with Gasteiger partial charge in [-0.05, 0) is 38.1 Å². The van der Waals surface area contributed by atoms with E-state index >= 15 is 0 Å². The van der Waals surface area contributed by atoms with Crippen molar-refractivity contribution in [2.24, 2.45) is 0 Å². The molecule has 0 aliphatic carbocycles. The van der Waals surface area contributed by atoms with Gasteiger partial charge in [0.05, 0.1) is 24.4 Å². The lowest BCUT2D eigenvalue weighted by atomic mass is 10.2. The van der Waals surface area contributed by atoms with Crippen molar-refractivity contribution in [3.05, 3.63) is 53.0 Å². The molecule has 27 heavy (non-hydrogen) atoms. The molecule has 0 saturated carbocycles. The average Bonchev–Trinajstić information content (AvgIpc) is 2.97. The van der Waals surface area contributed by atoms with E-state index in [1.807, 2.05) is 19.9 Å². The molecule has 7 heteroatoms. The Kier molecular flexibility index (Phi) is 5.80. The minimum atomic E-state index is -0.475. The molecule has 1 heterocycles. The number of benzene rings is 2. The van der Waals surface area contributed by atoms with E-state index < -0.39 is 5.76 Å². The van der Waals surface area contributed by atoms with Crippen LogP contribution < -0.4 is 20.5 Å². The van der Waals surface area contributed by atoms with Gasteiger partial charge in [0.25, 0.3) is 0 Å². The first-order valence-corrected chi connectivity index (χ1v) is 8.90. The maximum atomic E-state index is 12.4. The van der Waals surface area contributed by atoms with Gasteiger partial charge in [0.15, 0.2) is 5.58 Å². The number of amides is 1. The summed E-state index contributed by atoms with van der Waals surface area (Å²) in [4.78, 5) is 24.4. The maximum absolute atomic E-state index is 12.4. The molecule has 0 fully saturated rings. The molecular formula is C20H22N2O5. The van der Waals surface area contributed by atoms with Crippen LogP contribution in [0.1, 0.15) is 20.3 Å². The Bertz CT molecular complexity index is 989. The number of anilines is 1. The van der Waals surface area contributed by atoms with Gasteiger partial charge < -0.3 is 19.2 Å². The average molecular weight is 370 g/mol. The second kappa shape index (κ2) is 8.44. The molecule has 0 spiro atoms. The van der Waals surface area contributed by atoms with Crippen LogP contribution in [-0.4, -0.2) is 23.7 Å². The Morgan fingerprint density at radius 2 is 1.89 bits per heavy atom. The summed E-state index contributed by atoms with van der Waals surface area (Å²) in [6.45, 7) is 4.99. The number of hydrogen-bond donors (Lipinski definition) is 1. The Morgan fingerprint density at radius 3 is 2.67 bits per heavy atom. The molecule has 0 aliphatic heterocycles. The zero-order valence-electron chi connectivity index (χ0n) is 15.4. The molecule has 1 aromatic heterocycles. The topological polar surface area (TPSA) is 82.7 Å². The second-order valence-corrected chi connectivity index (χ2v) is 5.81. The molecule has 0 unspecified atom stereocenters. The standard InChI is InChI=1S/C20H22N2O5/c1-3-25-14-9-10-17(26-4-2)15(13-14)21-19(23)11-12-22-16-7-5-6-8-18(16)27-20(22)24/h5-10,13H,3-4,11-12H2,1-2H3,(H,21,23). The van der Waals surface area contributed by atoms with Gasteiger partial charge in [-0.1, -0.05) is 12.1 Å². The lowest BCUT2D eigenvalue weighted by Gasteiger charge is -2.13. The molecule has 0 radical (unpaired) electrons. The van der Waals surface area contributed by atoms with Crippen LogP contribution in [0.2, 0.25) is 0 Å². The van der Waals surface area contributed by atoms with Gasteiger partial charge in [0, 0.05) is 19.0 Å². The maximum Gasteiger partial charge on any atom is 0.419 e. The summed E-state index contributed by atoms with van der Waals surface area (Å²) in [7, 11) is 0. The molecule has 1 N–H and O–H groups in total. The monoisotopic (exact) mass is 370 g/mol. The fourth-order valence-electron chi connectivity index (χ4n) is 2.80. The molecule has 0 saturated heterocycles. The van der Waals surface area contributed by atoms with Gasteiger partial charge in [-0.25, -0.2) is 4.79 Å². The highest BCUT2D eigenvalue weighted by molar-refractivity contribution is 5.92. The number of ether oxygens (including phenoxy) is 2. The summed E-state index contributed by atoms with van der Waals surface area (Å²) in [6, 6.07) is 12.4. The zero-order valence-corrected chi connectivity index (χ0v) is 15.4. The number of aryl methyl sites for hydroxylation is 1. The van der Waals surface area contributed by atoms with E-state index in [1.54, 1.807) is 36.4 Å². The number of oxazole rings is 1. The van der Waals surface area contributed by atoms with Crippen molar-refractivity contribution in [2.45, 2.75) is 26.8 Å². The van der Waals surface area contributed by atoms with Crippen LogP contribution in [0.25, 0.3) is 11.1 Å². The van der Waals surface area contributed by atoms with E-state index in [2.05, 4.69) is 5.32 Å². The van der Waals surface area contributed by atoms with Gasteiger partial charge in [-0.3, -0.25) is 9.36 Å². The van der Waals surface area contributed by atoms with Crippen molar-refractivity contribution >= 4 is 22.7 Å².